The Balaban J connectivity index is 1.76. The van der Waals surface area contributed by atoms with Crippen LogP contribution in [0.5, 0.6) is 5.75 Å². The van der Waals surface area contributed by atoms with E-state index >= 15 is 0 Å². The van der Waals surface area contributed by atoms with Crippen LogP contribution in [0.15, 0.2) is 48.5 Å². The maximum absolute atomic E-state index is 13.2. The molecule has 1 amide bonds. The minimum atomic E-state index is -3.57. The molecule has 7 heteroatoms. The lowest BCUT2D eigenvalue weighted by Gasteiger charge is -2.26. The summed E-state index contributed by atoms with van der Waals surface area (Å²) < 4.78 is 33.1. The first kappa shape index (κ1) is 21.3. The first-order chi connectivity index (χ1) is 13.8. The molecule has 1 unspecified atom stereocenters. The first-order valence-corrected chi connectivity index (χ1v) is 11.6. The van der Waals surface area contributed by atoms with Gasteiger partial charge in [-0.2, -0.15) is 8.42 Å². The van der Waals surface area contributed by atoms with E-state index in [9.17, 15) is 13.2 Å². The summed E-state index contributed by atoms with van der Waals surface area (Å²) in [5.74, 6) is 0.211. The van der Waals surface area contributed by atoms with Crippen molar-refractivity contribution in [1.82, 2.24) is 4.90 Å². The summed E-state index contributed by atoms with van der Waals surface area (Å²) in [6.45, 7) is 3.75. The number of rotatable bonds is 8. The van der Waals surface area contributed by atoms with Crippen LogP contribution in [0.2, 0.25) is 0 Å². The van der Waals surface area contributed by atoms with E-state index in [0.717, 1.165) is 37.7 Å². The highest BCUT2D eigenvalue weighted by molar-refractivity contribution is 7.86. The van der Waals surface area contributed by atoms with Gasteiger partial charge in [0.2, 0.25) is 0 Å². The number of carbonyl (C=O) groups is 1. The molecule has 0 N–H and O–H groups in total. The minimum Gasteiger partial charge on any atom is -0.383 e. The van der Waals surface area contributed by atoms with Gasteiger partial charge in [0.15, 0.2) is 0 Å². The first-order valence-electron chi connectivity index (χ1n) is 9.82. The summed E-state index contributed by atoms with van der Waals surface area (Å²) >= 11 is 0. The maximum Gasteiger partial charge on any atom is 0.306 e. The van der Waals surface area contributed by atoms with Crippen LogP contribution in [0.4, 0.5) is 0 Å². The molecule has 1 aliphatic rings. The van der Waals surface area contributed by atoms with Gasteiger partial charge in [0.1, 0.15) is 5.75 Å². The van der Waals surface area contributed by atoms with Crippen molar-refractivity contribution < 1.29 is 22.1 Å². The number of carbonyl (C=O) groups excluding carboxylic acids is 1. The molecule has 1 saturated heterocycles. The van der Waals surface area contributed by atoms with Crippen molar-refractivity contribution in [2.45, 2.75) is 38.8 Å². The number of aryl methyl sites for hydroxylation is 1. The Bertz CT molecular complexity index is 917. The van der Waals surface area contributed by atoms with Crippen LogP contribution in [0.3, 0.4) is 0 Å². The molecule has 1 atom stereocenters. The highest BCUT2D eigenvalue weighted by Crippen LogP contribution is 2.20. The van der Waals surface area contributed by atoms with Crippen LogP contribution in [0.25, 0.3) is 0 Å². The molecule has 1 heterocycles. The summed E-state index contributed by atoms with van der Waals surface area (Å²) in [5.41, 5.74) is 2.73. The Morgan fingerprint density at radius 3 is 2.31 bits per heavy atom. The fourth-order valence-electron chi connectivity index (χ4n) is 3.36. The number of hydrogen-bond donors (Lipinski definition) is 0. The molecular weight excluding hydrogens is 390 g/mol. The summed E-state index contributed by atoms with van der Waals surface area (Å²) in [6.07, 6.45) is 3.93. The van der Waals surface area contributed by atoms with Crippen LogP contribution >= 0.6 is 0 Å². The Kier molecular flexibility index (Phi) is 6.92. The molecule has 0 aromatic heterocycles. The third-order valence-electron chi connectivity index (χ3n) is 4.89. The average molecular weight is 418 g/mol. The lowest BCUT2D eigenvalue weighted by Crippen LogP contribution is -2.37. The number of hydrogen-bond acceptors (Lipinski definition) is 5. The second-order valence-electron chi connectivity index (χ2n) is 7.30. The Labute approximate surface area is 172 Å². The molecule has 2 aromatic rings. The van der Waals surface area contributed by atoms with Gasteiger partial charge in [0.05, 0.1) is 12.4 Å². The highest BCUT2D eigenvalue weighted by atomic mass is 32.2. The van der Waals surface area contributed by atoms with Gasteiger partial charge in [-0.3, -0.25) is 4.79 Å². The van der Waals surface area contributed by atoms with Crippen molar-refractivity contribution in [2.75, 3.05) is 19.4 Å². The third-order valence-corrected chi connectivity index (χ3v) is 5.38. The van der Waals surface area contributed by atoms with E-state index in [4.69, 9.17) is 8.92 Å². The SMILES string of the molecule is CCc1ccc(C(=O)N(Cc2ccc(OS(C)(=O)=O)cc2)CC2CCCO2)cc1. The zero-order valence-corrected chi connectivity index (χ0v) is 17.7. The van der Waals surface area contributed by atoms with Crippen LogP contribution < -0.4 is 4.18 Å². The van der Waals surface area contributed by atoms with Gasteiger partial charge in [-0.05, 0) is 54.7 Å². The van der Waals surface area contributed by atoms with Gasteiger partial charge in [-0.25, -0.2) is 0 Å². The predicted molar refractivity (Wildman–Crippen MR) is 111 cm³/mol. The molecular formula is C22H27NO5S. The van der Waals surface area contributed by atoms with E-state index in [0.29, 0.717) is 18.7 Å². The fourth-order valence-corrected chi connectivity index (χ4v) is 3.83. The third kappa shape index (κ3) is 6.30. The summed E-state index contributed by atoms with van der Waals surface area (Å²) in [5, 5.41) is 0. The van der Waals surface area contributed by atoms with Crippen molar-refractivity contribution in [1.29, 1.82) is 0 Å². The van der Waals surface area contributed by atoms with Gasteiger partial charge >= 0.3 is 10.1 Å². The van der Waals surface area contributed by atoms with Crippen molar-refractivity contribution in [2.24, 2.45) is 0 Å². The Hall–Kier alpha value is -2.38. The monoisotopic (exact) mass is 417 g/mol. The average Bonchev–Trinajstić information content (AvgIpc) is 3.20. The van der Waals surface area contributed by atoms with E-state index in [1.807, 2.05) is 24.3 Å². The number of amides is 1. The van der Waals surface area contributed by atoms with Crippen molar-refractivity contribution in [3.63, 3.8) is 0 Å². The molecule has 0 radical (unpaired) electrons. The van der Waals surface area contributed by atoms with E-state index < -0.39 is 10.1 Å². The molecule has 0 bridgehead atoms. The smallest absolute Gasteiger partial charge is 0.306 e. The zero-order chi connectivity index (χ0) is 20.9. The summed E-state index contributed by atoms with van der Waals surface area (Å²) in [4.78, 5) is 15.0. The van der Waals surface area contributed by atoms with Gasteiger partial charge in [-0.15, -0.1) is 0 Å². The summed E-state index contributed by atoms with van der Waals surface area (Å²) in [7, 11) is -3.57. The van der Waals surface area contributed by atoms with Gasteiger partial charge in [-0.1, -0.05) is 31.2 Å². The van der Waals surface area contributed by atoms with Crippen molar-refractivity contribution >= 4 is 16.0 Å². The minimum absolute atomic E-state index is 0.0420. The fraction of sp³-hybridized carbons (Fsp3) is 0.409. The van der Waals surface area contributed by atoms with Crippen LogP contribution in [0.1, 0.15) is 41.3 Å². The van der Waals surface area contributed by atoms with E-state index in [-0.39, 0.29) is 17.8 Å². The largest absolute Gasteiger partial charge is 0.383 e. The van der Waals surface area contributed by atoms with Crippen LogP contribution in [-0.2, 0) is 27.8 Å². The van der Waals surface area contributed by atoms with Crippen molar-refractivity contribution in [3.8, 4) is 5.75 Å². The lowest BCUT2D eigenvalue weighted by atomic mass is 10.1. The molecule has 0 saturated carbocycles. The standard InChI is InChI=1S/C22H27NO5S/c1-3-17-6-10-19(11-7-17)22(24)23(16-21-5-4-14-27-21)15-18-8-12-20(13-9-18)28-29(2,25)26/h6-13,21H,3-5,14-16H2,1-2H3. The second-order valence-corrected chi connectivity index (χ2v) is 8.88. The molecule has 0 aliphatic carbocycles. The molecule has 0 spiro atoms. The molecule has 2 aromatic carbocycles. The van der Waals surface area contributed by atoms with Crippen LogP contribution in [0, 0.1) is 0 Å². The number of nitrogens with zero attached hydrogens (tertiary/aromatic N) is 1. The topological polar surface area (TPSA) is 72.9 Å². The van der Waals surface area contributed by atoms with Crippen LogP contribution in [-0.4, -0.2) is 44.7 Å². The molecule has 6 nitrogen and oxygen atoms in total. The predicted octanol–water partition coefficient (Wildman–Crippen LogP) is 3.41. The molecule has 1 aliphatic heterocycles. The van der Waals surface area contributed by atoms with Gasteiger partial charge < -0.3 is 13.8 Å². The maximum atomic E-state index is 13.2. The normalized spacial score (nSPS) is 16.6. The number of ether oxygens (including phenoxy) is 1. The quantitative estimate of drug-likeness (QED) is 0.616. The van der Waals surface area contributed by atoms with Gasteiger partial charge in [0, 0.05) is 25.3 Å². The Morgan fingerprint density at radius 1 is 1.10 bits per heavy atom. The van der Waals surface area contributed by atoms with E-state index in [1.54, 1.807) is 29.2 Å². The van der Waals surface area contributed by atoms with Gasteiger partial charge in [0.25, 0.3) is 5.91 Å². The molecule has 156 valence electrons. The number of benzene rings is 2. The second kappa shape index (κ2) is 9.41. The van der Waals surface area contributed by atoms with Crippen molar-refractivity contribution in [3.05, 3.63) is 65.2 Å². The lowest BCUT2D eigenvalue weighted by molar-refractivity contribution is 0.0507. The molecule has 29 heavy (non-hydrogen) atoms. The Morgan fingerprint density at radius 2 is 1.76 bits per heavy atom. The van der Waals surface area contributed by atoms with E-state index in [1.165, 1.54) is 5.56 Å². The molecule has 1 fully saturated rings. The summed E-state index contributed by atoms with van der Waals surface area (Å²) in [6, 6.07) is 14.4. The highest BCUT2D eigenvalue weighted by Gasteiger charge is 2.23. The molecule has 3 rings (SSSR count). The van der Waals surface area contributed by atoms with E-state index in [2.05, 4.69) is 6.92 Å². The zero-order valence-electron chi connectivity index (χ0n) is 16.8.